The van der Waals surface area contributed by atoms with E-state index in [-0.39, 0.29) is 11.4 Å². The molecular weight excluding hydrogens is 446 g/mol. The van der Waals surface area contributed by atoms with Crippen molar-refractivity contribution in [2.75, 3.05) is 17.8 Å². The standard InChI is InChI=1S/C23H21N3O4S2/c1-16-5-3-7-20-22(16)25-23(31-20)26(14-17-6-4-12-24-13-17)21(27)15-32(28,29)19-10-8-18(30-2)9-11-19/h3-13H,14-15H2,1-2H3. The first-order valence-corrected chi connectivity index (χ1v) is 12.3. The van der Waals surface area contributed by atoms with E-state index < -0.39 is 21.5 Å². The van der Waals surface area contributed by atoms with Crippen LogP contribution in [0.3, 0.4) is 0 Å². The smallest absolute Gasteiger partial charge is 0.244 e. The van der Waals surface area contributed by atoms with Gasteiger partial charge in [0.1, 0.15) is 11.5 Å². The van der Waals surface area contributed by atoms with Crippen LogP contribution in [0.5, 0.6) is 5.75 Å². The minimum Gasteiger partial charge on any atom is -0.497 e. The average Bonchev–Trinajstić information content (AvgIpc) is 3.23. The molecule has 0 N–H and O–H groups in total. The number of methoxy groups -OCH3 is 1. The van der Waals surface area contributed by atoms with Gasteiger partial charge >= 0.3 is 0 Å². The molecule has 0 spiro atoms. The molecule has 32 heavy (non-hydrogen) atoms. The second kappa shape index (κ2) is 9.05. The number of thiazole rings is 1. The average molecular weight is 468 g/mol. The van der Waals surface area contributed by atoms with Crippen molar-refractivity contribution in [2.24, 2.45) is 0 Å². The van der Waals surface area contributed by atoms with Crippen molar-refractivity contribution in [3.05, 3.63) is 78.1 Å². The van der Waals surface area contributed by atoms with Gasteiger partial charge in [-0.05, 0) is 54.4 Å². The molecule has 4 aromatic rings. The normalized spacial score (nSPS) is 11.4. The molecule has 4 rings (SSSR count). The zero-order valence-electron chi connectivity index (χ0n) is 17.6. The van der Waals surface area contributed by atoms with Crippen LogP contribution in [-0.4, -0.2) is 37.2 Å². The Bertz CT molecular complexity index is 1350. The first-order valence-electron chi connectivity index (χ1n) is 9.79. The number of sulfone groups is 1. The van der Waals surface area contributed by atoms with Crippen molar-refractivity contribution >= 4 is 42.4 Å². The lowest BCUT2D eigenvalue weighted by Crippen LogP contribution is -2.35. The Hall–Kier alpha value is -3.30. The third kappa shape index (κ3) is 4.63. The fourth-order valence-corrected chi connectivity index (χ4v) is 5.49. The van der Waals surface area contributed by atoms with Crippen LogP contribution in [0.2, 0.25) is 0 Å². The van der Waals surface area contributed by atoms with Gasteiger partial charge in [-0.3, -0.25) is 14.7 Å². The number of hydrogen-bond acceptors (Lipinski definition) is 7. The molecule has 2 aromatic carbocycles. The van der Waals surface area contributed by atoms with Gasteiger partial charge in [-0.25, -0.2) is 13.4 Å². The molecule has 0 saturated heterocycles. The lowest BCUT2D eigenvalue weighted by Gasteiger charge is -2.20. The summed E-state index contributed by atoms with van der Waals surface area (Å²) >= 11 is 1.36. The van der Waals surface area contributed by atoms with E-state index in [0.29, 0.717) is 10.9 Å². The molecule has 0 aliphatic rings. The van der Waals surface area contributed by atoms with Crippen LogP contribution in [0, 0.1) is 6.92 Å². The maximum atomic E-state index is 13.3. The van der Waals surface area contributed by atoms with Gasteiger partial charge in [-0.1, -0.05) is 29.5 Å². The molecule has 0 unspecified atom stereocenters. The number of aromatic nitrogens is 2. The zero-order chi connectivity index (χ0) is 22.7. The topological polar surface area (TPSA) is 89.5 Å². The Balaban J connectivity index is 1.68. The number of para-hydroxylation sites is 1. The van der Waals surface area contributed by atoms with Crippen molar-refractivity contribution < 1.29 is 17.9 Å². The molecule has 0 aliphatic carbocycles. The highest BCUT2D eigenvalue weighted by Crippen LogP contribution is 2.32. The molecule has 0 saturated carbocycles. The maximum absolute atomic E-state index is 13.3. The Morgan fingerprint density at radius 2 is 1.88 bits per heavy atom. The summed E-state index contributed by atoms with van der Waals surface area (Å²) in [5.74, 6) is -0.686. The summed E-state index contributed by atoms with van der Waals surface area (Å²) in [5, 5.41) is 0.452. The third-order valence-corrected chi connectivity index (χ3v) is 7.60. The van der Waals surface area contributed by atoms with E-state index >= 15 is 0 Å². The van der Waals surface area contributed by atoms with E-state index in [4.69, 9.17) is 4.74 Å². The Labute approximate surface area is 190 Å². The number of benzene rings is 2. The van der Waals surface area contributed by atoms with Crippen LogP contribution in [0.25, 0.3) is 10.2 Å². The first-order chi connectivity index (χ1) is 15.4. The van der Waals surface area contributed by atoms with E-state index in [1.807, 2.05) is 31.2 Å². The van der Waals surface area contributed by atoms with E-state index in [1.165, 1.54) is 35.5 Å². The van der Waals surface area contributed by atoms with E-state index in [2.05, 4.69) is 9.97 Å². The molecule has 0 radical (unpaired) electrons. The van der Waals surface area contributed by atoms with Crippen LogP contribution in [0.1, 0.15) is 11.1 Å². The SMILES string of the molecule is COc1ccc(S(=O)(=O)CC(=O)N(Cc2cccnc2)c2nc3c(C)cccc3s2)cc1. The molecule has 1 amide bonds. The summed E-state index contributed by atoms with van der Waals surface area (Å²) < 4.78 is 31.9. The summed E-state index contributed by atoms with van der Waals surface area (Å²) in [6.45, 7) is 2.12. The zero-order valence-corrected chi connectivity index (χ0v) is 19.2. The lowest BCUT2D eigenvalue weighted by molar-refractivity contribution is -0.116. The second-order valence-electron chi connectivity index (χ2n) is 7.19. The predicted molar refractivity (Wildman–Crippen MR) is 125 cm³/mol. The highest BCUT2D eigenvalue weighted by Gasteiger charge is 2.27. The van der Waals surface area contributed by atoms with E-state index in [0.717, 1.165) is 21.3 Å². The molecule has 0 aliphatic heterocycles. The number of carbonyl (C=O) groups excluding carboxylic acids is 1. The number of amides is 1. The van der Waals surface area contributed by atoms with Gasteiger partial charge in [0.25, 0.3) is 0 Å². The minimum absolute atomic E-state index is 0.0631. The van der Waals surface area contributed by atoms with Gasteiger partial charge in [0.2, 0.25) is 5.91 Å². The number of nitrogens with zero attached hydrogens (tertiary/aromatic N) is 3. The van der Waals surface area contributed by atoms with Crippen LogP contribution in [0.4, 0.5) is 5.13 Å². The monoisotopic (exact) mass is 467 g/mol. The molecule has 0 bridgehead atoms. The lowest BCUT2D eigenvalue weighted by atomic mass is 10.2. The van der Waals surface area contributed by atoms with Crippen LogP contribution in [0.15, 0.2) is 71.9 Å². The number of ether oxygens (including phenoxy) is 1. The number of anilines is 1. The Kier molecular flexibility index (Phi) is 6.20. The van der Waals surface area contributed by atoms with Gasteiger partial charge in [-0.15, -0.1) is 0 Å². The summed E-state index contributed by atoms with van der Waals surface area (Å²) in [6.07, 6.45) is 3.29. The van der Waals surface area contributed by atoms with Gasteiger partial charge in [-0.2, -0.15) is 0 Å². The minimum atomic E-state index is -3.85. The largest absolute Gasteiger partial charge is 0.497 e. The number of rotatable bonds is 7. The third-order valence-electron chi connectivity index (χ3n) is 4.94. The quantitative estimate of drug-likeness (QED) is 0.408. The molecule has 9 heteroatoms. The van der Waals surface area contributed by atoms with Crippen molar-refractivity contribution in [3.8, 4) is 5.75 Å². The van der Waals surface area contributed by atoms with Crippen LogP contribution in [-0.2, 0) is 21.2 Å². The van der Waals surface area contributed by atoms with Gasteiger partial charge in [0.05, 0.1) is 28.8 Å². The first kappa shape index (κ1) is 21.9. The molecule has 2 heterocycles. The Morgan fingerprint density at radius 1 is 1.09 bits per heavy atom. The van der Waals surface area contributed by atoms with Gasteiger partial charge < -0.3 is 4.74 Å². The van der Waals surface area contributed by atoms with Gasteiger partial charge in [0, 0.05) is 12.4 Å². The van der Waals surface area contributed by atoms with E-state index in [9.17, 15) is 13.2 Å². The summed E-state index contributed by atoms with van der Waals surface area (Å²) in [4.78, 5) is 23.5. The van der Waals surface area contributed by atoms with Crippen molar-refractivity contribution in [1.29, 1.82) is 0 Å². The fraction of sp³-hybridized carbons (Fsp3) is 0.174. The molecule has 2 aromatic heterocycles. The highest BCUT2D eigenvalue weighted by atomic mass is 32.2. The maximum Gasteiger partial charge on any atom is 0.244 e. The number of aryl methyl sites for hydroxylation is 1. The van der Waals surface area contributed by atoms with E-state index in [1.54, 1.807) is 30.6 Å². The number of pyridine rings is 1. The number of fused-ring (bicyclic) bond motifs is 1. The fourth-order valence-electron chi connectivity index (χ4n) is 3.23. The molecule has 164 valence electrons. The van der Waals surface area contributed by atoms with Gasteiger partial charge in [0.15, 0.2) is 15.0 Å². The number of carbonyl (C=O) groups is 1. The Morgan fingerprint density at radius 3 is 2.53 bits per heavy atom. The number of hydrogen-bond donors (Lipinski definition) is 0. The molecular formula is C23H21N3O4S2. The highest BCUT2D eigenvalue weighted by molar-refractivity contribution is 7.92. The van der Waals surface area contributed by atoms with Crippen molar-refractivity contribution in [3.63, 3.8) is 0 Å². The van der Waals surface area contributed by atoms with Crippen molar-refractivity contribution in [2.45, 2.75) is 18.4 Å². The molecule has 0 fully saturated rings. The van der Waals surface area contributed by atoms with Crippen LogP contribution < -0.4 is 9.64 Å². The second-order valence-corrected chi connectivity index (χ2v) is 10.2. The predicted octanol–water partition coefficient (Wildman–Crippen LogP) is 4.02. The summed E-state index contributed by atoms with van der Waals surface area (Å²) in [5.41, 5.74) is 2.57. The molecule has 7 nitrogen and oxygen atoms in total. The van der Waals surface area contributed by atoms with Crippen molar-refractivity contribution in [1.82, 2.24) is 9.97 Å². The summed E-state index contributed by atoms with van der Waals surface area (Å²) in [6, 6.07) is 15.4. The summed E-state index contributed by atoms with van der Waals surface area (Å²) in [7, 11) is -2.35. The molecule has 0 atom stereocenters. The van der Waals surface area contributed by atoms with Crippen LogP contribution >= 0.6 is 11.3 Å².